The van der Waals surface area contributed by atoms with Crippen LogP contribution in [0.2, 0.25) is 0 Å². The predicted molar refractivity (Wildman–Crippen MR) is 272 cm³/mol. The standard InChI is InChI=1S/C60H38N2S/c1-2-13-42(14-3-1)61(44-32-27-40(28-33-44)46-21-12-24-59-60(46)53-20-9-11-23-58(53)63-59)43-30-25-39(26-31-43)41-29-36-57-55(37-41)52-19-8-10-22-56(52)62(57)45-34-35-51-49-17-5-4-15-47(49)48-16-6-7-18-50(48)54(51)38-45/h1-38H. The van der Waals surface area contributed by atoms with E-state index in [4.69, 9.17) is 0 Å². The van der Waals surface area contributed by atoms with Gasteiger partial charge in [0.2, 0.25) is 0 Å². The second-order valence-electron chi connectivity index (χ2n) is 16.4. The van der Waals surface area contributed by atoms with E-state index in [-0.39, 0.29) is 0 Å². The van der Waals surface area contributed by atoms with Gasteiger partial charge in [-0.3, -0.25) is 0 Å². The molecule has 0 atom stereocenters. The number of nitrogens with zero attached hydrogens (tertiary/aromatic N) is 2. The molecule has 2 heterocycles. The highest BCUT2D eigenvalue weighted by molar-refractivity contribution is 7.25. The highest BCUT2D eigenvalue weighted by Gasteiger charge is 2.18. The maximum Gasteiger partial charge on any atom is 0.0541 e. The van der Waals surface area contributed by atoms with Crippen LogP contribution in [0.4, 0.5) is 17.1 Å². The summed E-state index contributed by atoms with van der Waals surface area (Å²) in [6.07, 6.45) is 0. The Balaban J connectivity index is 0.882. The Morgan fingerprint density at radius 3 is 1.54 bits per heavy atom. The average Bonchev–Trinajstić information content (AvgIpc) is 3.91. The van der Waals surface area contributed by atoms with Crippen molar-refractivity contribution in [2.24, 2.45) is 0 Å². The molecular formula is C60H38N2S. The Labute approximate surface area is 368 Å². The fraction of sp³-hybridized carbons (Fsp3) is 0. The van der Waals surface area contributed by atoms with E-state index in [0.29, 0.717) is 0 Å². The molecular weight excluding hydrogens is 781 g/mol. The zero-order valence-corrected chi connectivity index (χ0v) is 35.1. The van der Waals surface area contributed by atoms with Crippen LogP contribution in [0.5, 0.6) is 0 Å². The summed E-state index contributed by atoms with van der Waals surface area (Å²) in [5, 5.41) is 12.9. The Kier molecular flexibility index (Phi) is 8.12. The Morgan fingerprint density at radius 2 is 0.825 bits per heavy atom. The molecule has 0 spiro atoms. The molecule has 294 valence electrons. The lowest BCUT2D eigenvalue weighted by molar-refractivity contribution is 1.19. The smallest absolute Gasteiger partial charge is 0.0541 e. The highest BCUT2D eigenvalue weighted by atomic mass is 32.1. The van der Waals surface area contributed by atoms with Crippen molar-refractivity contribution in [3.63, 3.8) is 0 Å². The summed E-state index contributed by atoms with van der Waals surface area (Å²) >= 11 is 1.86. The second-order valence-corrected chi connectivity index (χ2v) is 17.5. The molecule has 0 aliphatic heterocycles. The van der Waals surface area contributed by atoms with Crippen LogP contribution in [0.25, 0.3) is 102 Å². The van der Waals surface area contributed by atoms with Crippen LogP contribution in [0.1, 0.15) is 0 Å². The summed E-state index contributed by atoms with van der Waals surface area (Å²) in [5.74, 6) is 0. The van der Waals surface area contributed by atoms with Crippen molar-refractivity contribution in [2.45, 2.75) is 0 Å². The molecule has 0 N–H and O–H groups in total. The average molecular weight is 819 g/mol. The van der Waals surface area contributed by atoms with Crippen LogP contribution in [-0.2, 0) is 0 Å². The van der Waals surface area contributed by atoms with Gasteiger partial charge in [0, 0.05) is 53.7 Å². The van der Waals surface area contributed by atoms with Crippen LogP contribution < -0.4 is 4.90 Å². The van der Waals surface area contributed by atoms with Gasteiger partial charge >= 0.3 is 0 Å². The minimum absolute atomic E-state index is 1.11. The van der Waals surface area contributed by atoms with Gasteiger partial charge in [0.05, 0.1) is 11.0 Å². The van der Waals surface area contributed by atoms with E-state index < -0.39 is 0 Å². The lowest BCUT2D eigenvalue weighted by Crippen LogP contribution is -2.09. The van der Waals surface area contributed by atoms with E-state index in [1.807, 2.05) is 11.3 Å². The quantitative estimate of drug-likeness (QED) is 0.152. The van der Waals surface area contributed by atoms with Gasteiger partial charge in [-0.1, -0.05) is 152 Å². The summed E-state index contributed by atoms with van der Waals surface area (Å²) in [6, 6.07) is 84.6. The number of anilines is 3. The first-order valence-corrected chi connectivity index (χ1v) is 22.4. The van der Waals surface area contributed by atoms with Crippen molar-refractivity contribution in [3.05, 3.63) is 231 Å². The number of rotatable bonds is 6. The highest BCUT2D eigenvalue weighted by Crippen LogP contribution is 2.43. The largest absolute Gasteiger partial charge is 0.311 e. The number of benzene rings is 11. The van der Waals surface area contributed by atoms with Gasteiger partial charge in [0.1, 0.15) is 0 Å². The summed E-state index contributed by atoms with van der Waals surface area (Å²) in [4.78, 5) is 2.35. The maximum absolute atomic E-state index is 2.44. The van der Waals surface area contributed by atoms with E-state index in [9.17, 15) is 0 Å². The van der Waals surface area contributed by atoms with Crippen molar-refractivity contribution in [3.8, 4) is 27.9 Å². The number of hydrogen-bond acceptors (Lipinski definition) is 2. The Bertz CT molecular complexity index is 3860. The fourth-order valence-electron chi connectivity index (χ4n) is 10.1. The minimum Gasteiger partial charge on any atom is -0.311 e. The van der Waals surface area contributed by atoms with Crippen LogP contribution >= 0.6 is 11.3 Å². The molecule has 0 aliphatic rings. The number of thiophene rings is 1. The molecule has 63 heavy (non-hydrogen) atoms. The van der Waals surface area contributed by atoms with E-state index in [2.05, 4.69) is 240 Å². The van der Waals surface area contributed by atoms with E-state index in [0.717, 1.165) is 22.7 Å². The van der Waals surface area contributed by atoms with Crippen molar-refractivity contribution in [1.82, 2.24) is 4.57 Å². The topological polar surface area (TPSA) is 8.17 Å². The third kappa shape index (κ3) is 5.71. The molecule has 13 rings (SSSR count). The molecule has 2 nitrogen and oxygen atoms in total. The molecule has 0 aliphatic carbocycles. The lowest BCUT2D eigenvalue weighted by atomic mass is 9.94. The molecule has 0 radical (unpaired) electrons. The Hall–Kier alpha value is -7.98. The van der Waals surface area contributed by atoms with Gasteiger partial charge in [0.25, 0.3) is 0 Å². The molecule has 2 aromatic heterocycles. The third-order valence-electron chi connectivity index (χ3n) is 13.0. The monoisotopic (exact) mass is 818 g/mol. The van der Waals surface area contributed by atoms with Gasteiger partial charge in [-0.05, 0) is 133 Å². The molecule has 0 fully saturated rings. The Morgan fingerprint density at radius 1 is 0.302 bits per heavy atom. The van der Waals surface area contributed by atoms with Crippen molar-refractivity contribution in [2.75, 3.05) is 4.90 Å². The van der Waals surface area contributed by atoms with Crippen LogP contribution in [-0.4, -0.2) is 4.57 Å². The number of hydrogen-bond donors (Lipinski definition) is 0. The zero-order chi connectivity index (χ0) is 41.4. The SMILES string of the molecule is c1ccc(N(c2ccc(-c3ccc4c(c3)c3ccccc3n4-c3ccc4c5ccccc5c5ccccc5c4c3)cc2)c2ccc(-c3cccc4sc5ccccc5c34)cc2)cc1. The molecule has 0 saturated heterocycles. The normalized spacial score (nSPS) is 11.8. The summed E-state index contributed by atoms with van der Waals surface area (Å²) in [6.45, 7) is 0. The van der Waals surface area contributed by atoms with Crippen LogP contribution in [0.15, 0.2) is 231 Å². The van der Waals surface area contributed by atoms with Gasteiger partial charge < -0.3 is 9.47 Å². The summed E-state index contributed by atoms with van der Waals surface area (Å²) in [5.41, 5.74) is 11.8. The minimum atomic E-state index is 1.11. The van der Waals surface area contributed by atoms with Crippen molar-refractivity contribution in [1.29, 1.82) is 0 Å². The third-order valence-corrected chi connectivity index (χ3v) is 14.1. The summed E-state index contributed by atoms with van der Waals surface area (Å²) in [7, 11) is 0. The number of aromatic nitrogens is 1. The predicted octanol–water partition coefficient (Wildman–Crippen LogP) is 17.4. The molecule has 0 saturated carbocycles. The number of fused-ring (bicyclic) bond motifs is 12. The zero-order valence-electron chi connectivity index (χ0n) is 34.2. The van der Waals surface area contributed by atoms with Crippen molar-refractivity contribution >= 4 is 103 Å². The molecule has 0 unspecified atom stereocenters. The van der Waals surface area contributed by atoms with Gasteiger partial charge in [0.15, 0.2) is 0 Å². The van der Waals surface area contributed by atoms with E-state index in [1.54, 1.807) is 0 Å². The van der Waals surface area contributed by atoms with Gasteiger partial charge in [-0.2, -0.15) is 0 Å². The molecule has 0 bridgehead atoms. The van der Waals surface area contributed by atoms with E-state index >= 15 is 0 Å². The lowest BCUT2D eigenvalue weighted by Gasteiger charge is -2.26. The first kappa shape index (κ1) is 35.7. The first-order chi connectivity index (χ1) is 31.2. The molecule has 13 aromatic rings. The molecule has 0 amide bonds. The maximum atomic E-state index is 2.44. The number of para-hydroxylation sites is 2. The molecule has 3 heteroatoms. The van der Waals surface area contributed by atoms with Crippen LogP contribution in [0.3, 0.4) is 0 Å². The fourth-order valence-corrected chi connectivity index (χ4v) is 11.2. The van der Waals surface area contributed by atoms with E-state index in [1.165, 1.54) is 96.5 Å². The van der Waals surface area contributed by atoms with Gasteiger partial charge in [-0.25, -0.2) is 0 Å². The van der Waals surface area contributed by atoms with Gasteiger partial charge in [-0.15, -0.1) is 11.3 Å². The molecule has 11 aromatic carbocycles. The van der Waals surface area contributed by atoms with Crippen molar-refractivity contribution < 1.29 is 0 Å². The van der Waals surface area contributed by atoms with Crippen LogP contribution in [0, 0.1) is 0 Å². The second kappa shape index (κ2) is 14.3. The first-order valence-electron chi connectivity index (χ1n) is 21.6. The summed E-state index contributed by atoms with van der Waals surface area (Å²) < 4.78 is 5.08.